The molecule has 2 aromatic heterocycles. The molecule has 3 rings (SSSR count). The van der Waals surface area contributed by atoms with E-state index in [1.54, 1.807) is 11.6 Å². The molecule has 1 amide bonds. The predicted molar refractivity (Wildman–Crippen MR) is 98.8 cm³/mol. The van der Waals surface area contributed by atoms with Crippen molar-refractivity contribution < 1.29 is 14.7 Å². The van der Waals surface area contributed by atoms with E-state index in [2.05, 4.69) is 15.1 Å². The van der Waals surface area contributed by atoms with Crippen LogP contribution in [0.4, 0.5) is 0 Å². The Labute approximate surface area is 158 Å². The van der Waals surface area contributed by atoms with Crippen molar-refractivity contribution in [2.24, 2.45) is 0 Å². The van der Waals surface area contributed by atoms with Crippen LogP contribution in [0.25, 0.3) is 5.95 Å². The number of amides is 1. The number of carbonyl (C=O) groups is 2. The Morgan fingerprint density at radius 1 is 1.22 bits per heavy atom. The third-order valence-electron chi connectivity index (χ3n) is 4.93. The number of carbonyl (C=O) groups excluding carboxylic acids is 1. The number of nitrogens with zero attached hydrogens (tertiary/aromatic N) is 5. The molecule has 1 N–H and O–H groups in total. The Morgan fingerprint density at radius 3 is 2.33 bits per heavy atom. The summed E-state index contributed by atoms with van der Waals surface area (Å²) in [6.45, 7) is 9.08. The average molecular weight is 371 g/mol. The van der Waals surface area contributed by atoms with E-state index in [0.29, 0.717) is 5.95 Å². The fourth-order valence-electron chi connectivity index (χ4n) is 3.38. The van der Waals surface area contributed by atoms with Crippen LogP contribution in [0, 0.1) is 27.7 Å². The van der Waals surface area contributed by atoms with E-state index < -0.39 is 12.0 Å². The minimum atomic E-state index is -0.983. The van der Waals surface area contributed by atoms with Crippen LogP contribution in [0.3, 0.4) is 0 Å². The summed E-state index contributed by atoms with van der Waals surface area (Å²) < 4.78 is 1.65. The summed E-state index contributed by atoms with van der Waals surface area (Å²) in [4.78, 5) is 34.7. The first-order chi connectivity index (χ1) is 12.7. The van der Waals surface area contributed by atoms with Gasteiger partial charge in [0, 0.05) is 28.7 Å². The Morgan fingerprint density at radius 2 is 1.81 bits per heavy atom. The number of hydrogen-bond donors (Lipinski definition) is 1. The van der Waals surface area contributed by atoms with Crippen molar-refractivity contribution in [2.45, 2.75) is 66.0 Å². The first-order valence-electron chi connectivity index (χ1n) is 9.10. The summed E-state index contributed by atoms with van der Waals surface area (Å²) >= 11 is 0. The van der Waals surface area contributed by atoms with E-state index >= 15 is 0 Å². The minimum absolute atomic E-state index is 0.0296. The van der Waals surface area contributed by atoms with Gasteiger partial charge in [-0.15, -0.1) is 0 Å². The smallest absolute Gasteiger partial charge is 0.326 e. The molecule has 144 valence electrons. The largest absolute Gasteiger partial charge is 0.480 e. The van der Waals surface area contributed by atoms with Gasteiger partial charge in [-0.05, 0) is 53.5 Å². The molecular formula is C19H25N5O3. The molecule has 27 heavy (non-hydrogen) atoms. The monoisotopic (exact) mass is 371 g/mol. The van der Waals surface area contributed by atoms with Crippen LogP contribution in [0.15, 0.2) is 6.07 Å². The Bertz CT molecular complexity index is 881. The lowest BCUT2D eigenvalue weighted by Crippen LogP contribution is -2.45. The molecule has 1 aliphatic carbocycles. The van der Waals surface area contributed by atoms with Crippen LogP contribution >= 0.6 is 0 Å². The van der Waals surface area contributed by atoms with E-state index in [0.717, 1.165) is 41.2 Å². The van der Waals surface area contributed by atoms with Gasteiger partial charge in [-0.2, -0.15) is 5.10 Å². The van der Waals surface area contributed by atoms with Gasteiger partial charge in [0.05, 0.1) is 12.1 Å². The number of aliphatic carboxylic acids is 1. The SMILES string of the molecule is Cc1cc(C)nc(-n2nc(C)c(CC(=O)N(C3CC3)C(C)C(=O)O)c2C)n1. The Balaban J connectivity index is 1.90. The summed E-state index contributed by atoms with van der Waals surface area (Å²) in [5.74, 6) is -0.688. The fourth-order valence-corrected chi connectivity index (χ4v) is 3.38. The lowest BCUT2D eigenvalue weighted by Gasteiger charge is -2.26. The van der Waals surface area contributed by atoms with Crippen molar-refractivity contribution in [3.8, 4) is 5.95 Å². The van der Waals surface area contributed by atoms with Crippen LogP contribution in [-0.2, 0) is 16.0 Å². The van der Waals surface area contributed by atoms with Gasteiger partial charge in [0.25, 0.3) is 5.95 Å². The topological polar surface area (TPSA) is 101 Å². The second kappa shape index (κ2) is 7.09. The van der Waals surface area contributed by atoms with Crippen molar-refractivity contribution in [3.05, 3.63) is 34.4 Å². The maximum absolute atomic E-state index is 12.9. The Hall–Kier alpha value is -2.77. The van der Waals surface area contributed by atoms with Gasteiger partial charge in [-0.25, -0.2) is 19.4 Å². The molecule has 0 spiro atoms. The van der Waals surface area contributed by atoms with Crippen molar-refractivity contribution >= 4 is 11.9 Å². The van der Waals surface area contributed by atoms with Crippen LogP contribution in [-0.4, -0.2) is 53.7 Å². The number of carboxylic acid groups (broad SMARTS) is 1. The molecule has 0 radical (unpaired) electrons. The Kier molecular flexibility index (Phi) is 4.99. The number of rotatable bonds is 6. The quantitative estimate of drug-likeness (QED) is 0.832. The zero-order chi connectivity index (χ0) is 19.9. The molecule has 1 atom stereocenters. The third-order valence-corrected chi connectivity index (χ3v) is 4.93. The van der Waals surface area contributed by atoms with Gasteiger partial charge in [0.1, 0.15) is 6.04 Å². The highest BCUT2D eigenvalue weighted by atomic mass is 16.4. The molecule has 0 aliphatic heterocycles. The van der Waals surface area contributed by atoms with E-state index in [-0.39, 0.29) is 18.4 Å². The van der Waals surface area contributed by atoms with Gasteiger partial charge in [0.2, 0.25) is 5.91 Å². The summed E-state index contributed by atoms with van der Waals surface area (Å²) in [5, 5.41) is 13.9. The molecule has 8 heteroatoms. The lowest BCUT2D eigenvalue weighted by atomic mass is 10.1. The molecule has 1 unspecified atom stereocenters. The molecule has 0 aromatic carbocycles. The maximum Gasteiger partial charge on any atom is 0.326 e. The maximum atomic E-state index is 12.9. The van der Waals surface area contributed by atoms with Crippen molar-refractivity contribution in [1.29, 1.82) is 0 Å². The normalized spacial score (nSPS) is 14.9. The van der Waals surface area contributed by atoms with Crippen molar-refractivity contribution in [1.82, 2.24) is 24.6 Å². The predicted octanol–water partition coefficient (Wildman–Crippen LogP) is 1.90. The summed E-state index contributed by atoms with van der Waals surface area (Å²) in [7, 11) is 0. The van der Waals surface area contributed by atoms with Crippen LogP contribution in [0.2, 0.25) is 0 Å². The van der Waals surface area contributed by atoms with E-state index in [4.69, 9.17) is 0 Å². The van der Waals surface area contributed by atoms with Gasteiger partial charge in [-0.1, -0.05) is 0 Å². The first-order valence-corrected chi connectivity index (χ1v) is 9.10. The summed E-state index contributed by atoms with van der Waals surface area (Å²) in [5.41, 5.74) is 4.01. The summed E-state index contributed by atoms with van der Waals surface area (Å²) in [6.07, 6.45) is 1.84. The van der Waals surface area contributed by atoms with Crippen molar-refractivity contribution in [2.75, 3.05) is 0 Å². The standard InChI is InChI=1S/C19H25N5O3/c1-10-8-11(2)21-19(20-10)24-13(4)16(12(3)22-24)9-17(25)23(15-6-7-15)14(5)18(26)27/h8,14-15H,6-7,9H2,1-5H3,(H,26,27). The summed E-state index contributed by atoms with van der Waals surface area (Å²) in [6, 6.07) is 1.09. The lowest BCUT2D eigenvalue weighted by molar-refractivity contribution is -0.149. The number of hydrogen-bond acceptors (Lipinski definition) is 5. The number of aromatic nitrogens is 4. The fraction of sp³-hybridized carbons (Fsp3) is 0.526. The molecular weight excluding hydrogens is 346 g/mol. The second-order valence-corrected chi connectivity index (χ2v) is 7.24. The third kappa shape index (κ3) is 3.84. The second-order valence-electron chi connectivity index (χ2n) is 7.24. The zero-order valence-electron chi connectivity index (χ0n) is 16.4. The van der Waals surface area contributed by atoms with Crippen LogP contribution < -0.4 is 0 Å². The molecule has 8 nitrogen and oxygen atoms in total. The average Bonchev–Trinajstić information content (AvgIpc) is 3.36. The van der Waals surface area contributed by atoms with Crippen LogP contribution in [0.5, 0.6) is 0 Å². The highest BCUT2D eigenvalue weighted by molar-refractivity contribution is 5.85. The van der Waals surface area contributed by atoms with Gasteiger partial charge >= 0.3 is 5.97 Å². The molecule has 0 saturated heterocycles. The first kappa shape index (κ1) is 19.0. The minimum Gasteiger partial charge on any atom is -0.480 e. The molecule has 2 heterocycles. The van der Waals surface area contributed by atoms with E-state index in [9.17, 15) is 14.7 Å². The van der Waals surface area contributed by atoms with E-state index in [1.165, 1.54) is 4.90 Å². The number of aryl methyl sites for hydroxylation is 3. The molecule has 0 bridgehead atoms. The molecule has 2 aromatic rings. The van der Waals surface area contributed by atoms with E-state index in [1.807, 2.05) is 33.8 Å². The molecule has 1 saturated carbocycles. The molecule has 1 fully saturated rings. The zero-order valence-corrected chi connectivity index (χ0v) is 16.4. The highest BCUT2D eigenvalue weighted by Crippen LogP contribution is 2.30. The number of carboxylic acids is 1. The van der Waals surface area contributed by atoms with Gasteiger partial charge in [0.15, 0.2) is 0 Å². The van der Waals surface area contributed by atoms with Gasteiger partial charge in [-0.3, -0.25) is 4.79 Å². The van der Waals surface area contributed by atoms with Gasteiger partial charge < -0.3 is 10.0 Å². The van der Waals surface area contributed by atoms with Crippen molar-refractivity contribution in [3.63, 3.8) is 0 Å². The highest BCUT2D eigenvalue weighted by Gasteiger charge is 2.38. The molecule has 1 aliphatic rings. The van der Waals surface area contributed by atoms with Crippen LogP contribution in [0.1, 0.15) is 48.1 Å².